The molecule has 0 aliphatic heterocycles. The molecule has 116 valence electrons. The van der Waals surface area contributed by atoms with Crippen LogP contribution in [0.3, 0.4) is 0 Å². The molecule has 0 bridgehead atoms. The molecule has 2 aliphatic carbocycles. The van der Waals surface area contributed by atoms with Crippen molar-refractivity contribution < 1.29 is 9.21 Å². The molecule has 2 fully saturated rings. The van der Waals surface area contributed by atoms with Gasteiger partial charge in [-0.3, -0.25) is 9.48 Å². The van der Waals surface area contributed by atoms with Gasteiger partial charge in [0.15, 0.2) is 0 Å². The van der Waals surface area contributed by atoms with Crippen LogP contribution < -0.4 is 0 Å². The molecule has 0 N–H and O–H groups in total. The van der Waals surface area contributed by atoms with Crippen molar-refractivity contribution in [1.82, 2.24) is 14.7 Å². The van der Waals surface area contributed by atoms with Crippen LogP contribution in [0.15, 0.2) is 28.9 Å². The monoisotopic (exact) mass is 299 g/mol. The molecule has 2 aromatic rings. The summed E-state index contributed by atoms with van der Waals surface area (Å²) in [4.78, 5) is 14.6. The molecule has 2 unspecified atom stereocenters. The van der Waals surface area contributed by atoms with E-state index in [0.717, 1.165) is 30.3 Å². The molecule has 5 heteroatoms. The molecule has 2 aliphatic rings. The number of nitrogens with zero attached hydrogens (tertiary/aromatic N) is 3. The Kier molecular flexibility index (Phi) is 3.10. The topological polar surface area (TPSA) is 51.3 Å². The van der Waals surface area contributed by atoms with Crippen LogP contribution in [0.2, 0.25) is 0 Å². The number of furan rings is 1. The number of aromatic nitrogens is 2. The number of aryl methyl sites for hydroxylation is 1. The first-order valence-electron chi connectivity index (χ1n) is 8.00. The van der Waals surface area contributed by atoms with Gasteiger partial charge in [-0.1, -0.05) is 6.92 Å². The summed E-state index contributed by atoms with van der Waals surface area (Å²) < 4.78 is 7.63. The second-order valence-corrected chi connectivity index (χ2v) is 6.69. The molecule has 0 saturated heterocycles. The highest BCUT2D eigenvalue weighted by Crippen LogP contribution is 2.47. The van der Waals surface area contributed by atoms with Gasteiger partial charge in [-0.2, -0.15) is 5.10 Å². The fourth-order valence-corrected chi connectivity index (χ4v) is 3.02. The third-order valence-electron chi connectivity index (χ3n) is 4.68. The number of carbonyl (C=O) groups excluding carboxylic acids is 1. The third-order valence-corrected chi connectivity index (χ3v) is 4.68. The summed E-state index contributed by atoms with van der Waals surface area (Å²) in [7, 11) is 1.83. The normalized spacial score (nSPS) is 23.5. The summed E-state index contributed by atoms with van der Waals surface area (Å²) in [5, 5.41) is 4.10. The first kappa shape index (κ1) is 13.6. The van der Waals surface area contributed by atoms with E-state index in [0.29, 0.717) is 24.1 Å². The molecule has 1 amide bonds. The van der Waals surface area contributed by atoms with E-state index in [2.05, 4.69) is 18.1 Å². The SMILES string of the molecule is CC1CC1c1ccc(CN(C(=O)c2cnn(C)c2)C2CC2)o1. The van der Waals surface area contributed by atoms with Gasteiger partial charge in [0.05, 0.1) is 18.3 Å². The minimum atomic E-state index is 0.0494. The van der Waals surface area contributed by atoms with Crippen molar-refractivity contribution in [2.24, 2.45) is 13.0 Å². The Balaban J connectivity index is 1.50. The van der Waals surface area contributed by atoms with E-state index < -0.39 is 0 Å². The second kappa shape index (κ2) is 5.00. The van der Waals surface area contributed by atoms with E-state index in [1.54, 1.807) is 17.1 Å². The summed E-state index contributed by atoms with van der Waals surface area (Å²) in [5.41, 5.74) is 0.650. The zero-order valence-electron chi connectivity index (χ0n) is 13.0. The Morgan fingerprint density at radius 2 is 2.23 bits per heavy atom. The number of hydrogen-bond acceptors (Lipinski definition) is 3. The van der Waals surface area contributed by atoms with Crippen LogP contribution >= 0.6 is 0 Å². The maximum absolute atomic E-state index is 12.7. The number of amides is 1. The number of hydrogen-bond donors (Lipinski definition) is 0. The highest BCUT2D eigenvalue weighted by molar-refractivity contribution is 5.94. The van der Waals surface area contributed by atoms with Crippen LogP contribution in [-0.4, -0.2) is 26.6 Å². The predicted molar refractivity (Wildman–Crippen MR) is 81.3 cm³/mol. The lowest BCUT2D eigenvalue weighted by molar-refractivity contribution is 0.0716. The third kappa shape index (κ3) is 2.56. The lowest BCUT2D eigenvalue weighted by Crippen LogP contribution is -2.32. The zero-order valence-corrected chi connectivity index (χ0v) is 13.0. The van der Waals surface area contributed by atoms with E-state index in [4.69, 9.17) is 4.42 Å². The summed E-state index contributed by atoms with van der Waals surface area (Å²) in [6.07, 6.45) is 6.79. The van der Waals surface area contributed by atoms with Crippen molar-refractivity contribution in [3.8, 4) is 0 Å². The Labute approximate surface area is 129 Å². The van der Waals surface area contributed by atoms with Crippen molar-refractivity contribution in [1.29, 1.82) is 0 Å². The van der Waals surface area contributed by atoms with E-state index in [1.165, 1.54) is 6.42 Å². The highest BCUT2D eigenvalue weighted by Gasteiger charge is 2.37. The van der Waals surface area contributed by atoms with Crippen molar-refractivity contribution in [2.75, 3.05) is 0 Å². The average Bonchev–Trinajstić information content (AvgIpc) is 3.37. The molecule has 2 atom stereocenters. The molecule has 5 nitrogen and oxygen atoms in total. The molecule has 0 radical (unpaired) electrons. The van der Waals surface area contributed by atoms with Crippen molar-refractivity contribution in [3.05, 3.63) is 41.6 Å². The van der Waals surface area contributed by atoms with Gasteiger partial charge in [0.2, 0.25) is 0 Å². The molecule has 0 aromatic carbocycles. The van der Waals surface area contributed by atoms with Gasteiger partial charge in [-0.05, 0) is 37.3 Å². The van der Waals surface area contributed by atoms with Crippen LogP contribution in [0.25, 0.3) is 0 Å². The molecule has 4 rings (SSSR count). The van der Waals surface area contributed by atoms with Crippen molar-refractivity contribution in [3.63, 3.8) is 0 Å². The zero-order chi connectivity index (χ0) is 15.3. The first-order chi connectivity index (χ1) is 10.6. The van der Waals surface area contributed by atoms with Gasteiger partial charge in [-0.25, -0.2) is 0 Å². The standard InChI is InChI=1S/C17H21N3O2/c1-11-7-15(11)16-6-5-14(22-16)10-20(13-3-4-13)17(21)12-8-18-19(2)9-12/h5-6,8-9,11,13,15H,3-4,7,10H2,1-2H3. The molecule has 2 heterocycles. The fourth-order valence-electron chi connectivity index (χ4n) is 3.02. The smallest absolute Gasteiger partial charge is 0.257 e. The van der Waals surface area contributed by atoms with Crippen LogP contribution in [0.4, 0.5) is 0 Å². The van der Waals surface area contributed by atoms with Crippen molar-refractivity contribution >= 4 is 5.91 Å². The Hall–Kier alpha value is -2.04. The molecular weight excluding hydrogens is 278 g/mol. The quantitative estimate of drug-likeness (QED) is 0.853. The molecular formula is C17H21N3O2. The van der Waals surface area contributed by atoms with E-state index in [-0.39, 0.29) is 5.91 Å². The number of rotatable bonds is 5. The lowest BCUT2D eigenvalue weighted by Gasteiger charge is -2.20. The van der Waals surface area contributed by atoms with E-state index in [1.807, 2.05) is 18.0 Å². The Morgan fingerprint density at radius 1 is 1.45 bits per heavy atom. The summed E-state index contributed by atoms with van der Waals surface area (Å²) in [6, 6.07) is 4.44. The first-order valence-corrected chi connectivity index (χ1v) is 8.00. The number of carbonyl (C=O) groups is 1. The fraction of sp³-hybridized carbons (Fsp3) is 0.529. The van der Waals surface area contributed by atoms with Crippen LogP contribution in [0, 0.1) is 5.92 Å². The summed E-state index contributed by atoms with van der Waals surface area (Å²) in [5.74, 6) is 3.33. The van der Waals surface area contributed by atoms with Gasteiger partial charge in [-0.15, -0.1) is 0 Å². The van der Waals surface area contributed by atoms with Crippen LogP contribution in [0.1, 0.15) is 54.0 Å². The maximum Gasteiger partial charge on any atom is 0.257 e. The predicted octanol–water partition coefficient (Wildman–Crippen LogP) is 2.94. The second-order valence-electron chi connectivity index (χ2n) is 6.69. The molecule has 0 spiro atoms. The molecule has 2 aromatic heterocycles. The van der Waals surface area contributed by atoms with Gasteiger partial charge < -0.3 is 9.32 Å². The van der Waals surface area contributed by atoms with Crippen molar-refractivity contribution in [2.45, 2.75) is 44.7 Å². The van der Waals surface area contributed by atoms with Crippen LogP contribution in [0.5, 0.6) is 0 Å². The maximum atomic E-state index is 12.7. The highest BCUT2D eigenvalue weighted by atomic mass is 16.3. The molecule has 2 saturated carbocycles. The van der Waals surface area contributed by atoms with Crippen LogP contribution in [-0.2, 0) is 13.6 Å². The van der Waals surface area contributed by atoms with Gasteiger partial charge in [0.1, 0.15) is 11.5 Å². The van der Waals surface area contributed by atoms with Gasteiger partial charge in [0.25, 0.3) is 5.91 Å². The Morgan fingerprint density at radius 3 is 2.82 bits per heavy atom. The van der Waals surface area contributed by atoms with Gasteiger partial charge in [0, 0.05) is 25.2 Å². The Bertz CT molecular complexity index is 698. The summed E-state index contributed by atoms with van der Waals surface area (Å²) in [6.45, 7) is 2.80. The average molecular weight is 299 g/mol. The minimum absolute atomic E-state index is 0.0494. The lowest BCUT2D eigenvalue weighted by atomic mass is 10.2. The van der Waals surface area contributed by atoms with Gasteiger partial charge >= 0.3 is 0 Å². The largest absolute Gasteiger partial charge is 0.464 e. The minimum Gasteiger partial charge on any atom is -0.464 e. The summed E-state index contributed by atoms with van der Waals surface area (Å²) >= 11 is 0. The molecule has 22 heavy (non-hydrogen) atoms. The van der Waals surface area contributed by atoms with E-state index >= 15 is 0 Å². The van der Waals surface area contributed by atoms with E-state index in [9.17, 15) is 4.79 Å².